The standard InChI is InChI=1S/C21H18ClNO4/c1-25-17-7-10-18(20(13-17)26-2)23-21(24)12-9-16-8-11-19(27-16)14-3-5-15(22)6-4-14/h3-13H,1-2H3,(H,23,24). The van der Waals surface area contributed by atoms with Gasteiger partial charge in [0, 0.05) is 22.7 Å². The van der Waals surface area contributed by atoms with Crippen LogP contribution in [-0.4, -0.2) is 20.1 Å². The highest BCUT2D eigenvalue weighted by Crippen LogP contribution is 2.29. The van der Waals surface area contributed by atoms with Crippen molar-refractivity contribution in [2.75, 3.05) is 19.5 Å². The molecular weight excluding hydrogens is 366 g/mol. The molecule has 0 saturated carbocycles. The molecule has 5 nitrogen and oxygen atoms in total. The summed E-state index contributed by atoms with van der Waals surface area (Å²) in [6.45, 7) is 0. The van der Waals surface area contributed by atoms with Crippen LogP contribution < -0.4 is 14.8 Å². The first-order chi connectivity index (χ1) is 13.1. The molecule has 6 heteroatoms. The van der Waals surface area contributed by atoms with Crippen LogP contribution in [0.2, 0.25) is 5.02 Å². The summed E-state index contributed by atoms with van der Waals surface area (Å²) in [5.74, 6) is 2.12. The molecule has 0 unspecified atom stereocenters. The van der Waals surface area contributed by atoms with E-state index in [1.165, 1.54) is 13.2 Å². The Morgan fingerprint density at radius 2 is 1.81 bits per heavy atom. The van der Waals surface area contributed by atoms with Crippen molar-refractivity contribution in [3.05, 3.63) is 71.5 Å². The number of rotatable bonds is 6. The van der Waals surface area contributed by atoms with E-state index in [9.17, 15) is 4.79 Å². The molecule has 1 N–H and O–H groups in total. The number of halogens is 1. The molecule has 1 heterocycles. The lowest BCUT2D eigenvalue weighted by atomic mass is 10.2. The number of furan rings is 1. The zero-order chi connectivity index (χ0) is 19.2. The summed E-state index contributed by atoms with van der Waals surface area (Å²) >= 11 is 5.89. The van der Waals surface area contributed by atoms with Gasteiger partial charge in [-0.25, -0.2) is 0 Å². The van der Waals surface area contributed by atoms with Crippen LogP contribution in [0.15, 0.2) is 65.1 Å². The minimum absolute atomic E-state index is 0.303. The highest BCUT2D eigenvalue weighted by Gasteiger charge is 2.08. The third-order valence-electron chi connectivity index (χ3n) is 3.82. The van der Waals surface area contributed by atoms with Gasteiger partial charge in [-0.05, 0) is 54.6 Å². The van der Waals surface area contributed by atoms with Crippen molar-refractivity contribution in [2.24, 2.45) is 0 Å². The second-order valence-electron chi connectivity index (χ2n) is 5.60. The minimum Gasteiger partial charge on any atom is -0.497 e. The summed E-state index contributed by atoms with van der Waals surface area (Å²) in [4.78, 5) is 12.2. The SMILES string of the molecule is COc1ccc(NC(=O)C=Cc2ccc(-c3ccc(Cl)cc3)o2)c(OC)c1. The van der Waals surface area contributed by atoms with Crippen molar-refractivity contribution >= 4 is 29.3 Å². The molecule has 0 spiro atoms. The fourth-order valence-electron chi connectivity index (χ4n) is 2.45. The number of anilines is 1. The number of hydrogen-bond acceptors (Lipinski definition) is 4. The Hall–Kier alpha value is -3.18. The van der Waals surface area contributed by atoms with Crippen molar-refractivity contribution in [1.29, 1.82) is 0 Å². The molecule has 1 amide bonds. The number of carbonyl (C=O) groups is 1. The maximum atomic E-state index is 12.2. The smallest absolute Gasteiger partial charge is 0.248 e. The number of hydrogen-bond donors (Lipinski definition) is 1. The molecule has 0 aliphatic carbocycles. The Morgan fingerprint density at radius 1 is 1.04 bits per heavy atom. The van der Waals surface area contributed by atoms with Crippen LogP contribution in [-0.2, 0) is 4.79 Å². The van der Waals surface area contributed by atoms with Gasteiger partial charge in [0.2, 0.25) is 5.91 Å². The van der Waals surface area contributed by atoms with E-state index in [0.717, 1.165) is 5.56 Å². The number of carbonyl (C=O) groups excluding carboxylic acids is 1. The molecule has 0 atom stereocenters. The lowest BCUT2D eigenvalue weighted by Crippen LogP contribution is -2.08. The van der Waals surface area contributed by atoms with Gasteiger partial charge in [0.05, 0.1) is 19.9 Å². The molecule has 3 aromatic rings. The second kappa shape index (κ2) is 8.47. The number of amides is 1. The second-order valence-corrected chi connectivity index (χ2v) is 6.03. The van der Waals surface area contributed by atoms with E-state index in [-0.39, 0.29) is 5.91 Å². The molecule has 0 bridgehead atoms. The quantitative estimate of drug-likeness (QED) is 0.589. The topological polar surface area (TPSA) is 60.7 Å². The summed E-state index contributed by atoms with van der Waals surface area (Å²) < 4.78 is 16.1. The zero-order valence-electron chi connectivity index (χ0n) is 14.9. The number of methoxy groups -OCH3 is 2. The number of benzene rings is 2. The van der Waals surface area contributed by atoms with E-state index in [1.54, 1.807) is 49.6 Å². The number of ether oxygens (including phenoxy) is 2. The van der Waals surface area contributed by atoms with E-state index in [4.69, 9.17) is 25.5 Å². The van der Waals surface area contributed by atoms with E-state index in [2.05, 4.69) is 5.32 Å². The molecule has 0 radical (unpaired) electrons. The van der Waals surface area contributed by atoms with Crippen LogP contribution >= 0.6 is 11.6 Å². The van der Waals surface area contributed by atoms with Gasteiger partial charge in [-0.15, -0.1) is 0 Å². The van der Waals surface area contributed by atoms with Crippen LogP contribution in [0.1, 0.15) is 5.76 Å². The first-order valence-corrected chi connectivity index (χ1v) is 8.53. The third kappa shape index (κ3) is 4.71. The van der Waals surface area contributed by atoms with Gasteiger partial charge in [-0.1, -0.05) is 11.6 Å². The summed E-state index contributed by atoms with van der Waals surface area (Å²) in [6, 6.07) is 16.1. The average molecular weight is 384 g/mol. The molecule has 138 valence electrons. The van der Waals surface area contributed by atoms with Gasteiger partial charge in [0.1, 0.15) is 23.0 Å². The molecule has 1 aromatic heterocycles. The maximum Gasteiger partial charge on any atom is 0.248 e. The van der Waals surface area contributed by atoms with Gasteiger partial charge in [-0.3, -0.25) is 4.79 Å². The summed E-state index contributed by atoms with van der Waals surface area (Å²) in [7, 11) is 3.10. The summed E-state index contributed by atoms with van der Waals surface area (Å²) in [6.07, 6.45) is 3.00. The number of nitrogens with one attached hydrogen (secondary N) is 1. The van der Waals surface area contributed by atoms with Gasteiger partial charge in [0.25, 0.3) is 0 Å². The molecular formula is C21H18ClNO4. The predicted molar refractivity (Wildman–Crippen MR) is 106 cm³/mol. The monoisotopic (exact) mass is 383 g/mol. The Bertz CT molecular complexity index is 961. The highest BCUT2D eigenvalue weighted by molar-refractivity contribution is 6.30. The Morgan fingerprint density at radius 3 is 2.52 bits per heavy atom. The van der Waals surface area contributed by atoms with E-state index >= 15 is 0 Å². The lowest BCUT2D eigenvalue weighted by molar-refractivity contribution is -0.111. The zero-order valence-corrected chi connectivity index (χ0v) is 15.6. The molecule has 0 fully saturated rings. The molecule has 2 aromatic carbocycles. The molecule has 0 aliphatic rings. The van der Waals surface area contributed by atoms with Gasteiger partial charge in [0.15, 0.2) is 0 Å². The van der Waals surface area contributed by atoms with Crippen LogP contribution in [0.5, 0.6) is 11.5 Å². The lowest BCUT2D eigenvalue weighted by Gasteiger charge is -2.10. The molecule has 0 saturated heterocycles. The predicted octanol–water partition coefficient (Wildman–Crippen LogP) is 5.27. The first kappa shape index (κ1) is 18.6. The largest absolute Gasteiger partial charge is 0.497 e. The maximum absolute atomic E-state index is 12.2. The minimum atomic E-state index is -0.303. The van der Waals surface area contributed by atoms with Crippen molar-refractivity contribution in [2.45, 2.75) is 0 Å². The van der Waals surface area contributed by atoms with Gasteiger partial charge in [-0.2, -0.15) is 0 Å². The average Bonchev–Trinajstić information content (AvgIpc) is 3.16. The van der Waals surface area contributed by atoms with E-state index in [0.29, 0.717) is 33.7 Å². The van der Waals surface area contributed by atoms with Crippen LogP contribution in [0.25, 0.3) is 17.4 Å². The van der Waals surface area contributed by atoms with Gasteiger partial charge >= 0.3 is 0 Å². The fourth-order valence-corrected chi connectivity index (χ4v) is 2.57. The summed E-state index contributed by atoms with van der Waals surface area (Å²) in [5.41, 5.74) is 1.46. The van der Waals surface area contributed by atoms with Crippen molar-refractivity contribution in [1.82, 2.24) is 0 Å². The van der Waals surface area contributed by atoms with Gasteiger partial charge < -0.3 is 19.2 Å². The Labute approximate surface area is 162 Å². The summed E-state index contributed by atoms with van der Waals surface area (Å²) in [5, 5.41) is 3.43. The van der Waals surface area contributed by atoms with Crippen molar-refractivity contribution < 1.29 is 18.7 Å². The van der Waals surface area contributed by atoms with Crippen LogP contribution in [0, 0.1) is 0 Å². The van der Waals surface area contributed by atoms with Crippen molar-refractivity contribution in [3.8, 4) is 22.8 Å². The van der Waals surface area contributed by atoms with Crippen LogP contribution in [0.4, 0.5) is 5.69 Å². The van der Waals surface area contributed by atoms with E-state index < -0.39 is 0 Å². The van der Waals surface area contributed by atoms with Crippen LogP contribution in [0.3, 0.4) is 0 Å². The first-order valence-electron chi connectivity index (χ1n) is 8.16. The fraction of sp³-hybridized carbons (Fsp3) is 0.0952. The molecule has 27 heavy (non-hydrogen) atoms. The van der Waals surface area contributed by atoms with Crippen molar-refractivity contribution in [3.63, 3.8) is 0 Å². The molecule has 3 rings (SSSR count). The van der Waals surface area contributed by atoms with E-state index in [1.807, 2.05) is 18.2 Å². The Kier molecular flexibility index (Phi) is 5.84. The molecule has 0 aliphatic heterocycles. The Balaban J connectivity index is 1.68. The third-order valence-corrected chi connectivity index (χ3v) is 4.07. The normalized spacial score (nSPS) is 10.8. The highest BCUT2D eigenvalue weighted by atomic mass is 35.5.